The molecule has 140 valence electrons. The van der Waals surface area contributed by atoms with E-state index in [2.05, 4.69) is 22.1 Å². The highest BCUT2D eigenvalue weighted by atomic mass is 35.5. The Labute approximate surface area is 163 Å². The van der Waals surface area contributed by atoms with Crippen LogP contribution in [0, 0.1) is 0 Å². The fraction of sp³-hybridized carbons (Fsp3) is 0.389. The standard InChI is InChI=1S/C18H23ClN4O2S/c1-4-10-20-17(24)13(2)26-18-22-21-16(23(18)11-5-12-25-3)14-6-8-15(19)9-7-14/h4,6-9,13H,1,5,10-12H2,2-3H3,(H,20,24)/t13-/m1/s1. The van der Waals surface area contributed by atoms with E-state index in [-0.39, 0.29) is 11.2 Å². The summed E-state index contributed by atoms with van der Waals surface area (Å²) in [5.74, 6) is 0.688. The minimum atomic E-state index is -0.293. The van der Waals surface area contributed by atoms with Crippen molar-refractivity contribution in [1.82, 2.24) is 20.1 Å². The molecule has 1 N–H and O–H groups in total. The van der Waals surface area contributed by atoms with Crippen LogP contribution in [0.2, 0.25) is 5.02 Å². The summed E-state index contributed by atoms with van der Waals surface area (Å²) in [6.07, 6.45) is 2.47. The quantitative estimate of drug-likeness (QED) is 0.380. The zero-order chi connectivity index (χ0) is 18.9. The summed E-state index contributed by atoms with van der Waals surface area (Å²) in [5.41, 5.74) is 0.926. The summed E-state index contributed by atoms with van der Waals surface area (Å²) in [6, 6.07) is 7.47. The molecule has 0 bridgehead atoms. The van der Waals surface area contributed by atoms with Crippen LogP contribution in [0.3, 0.4) is 0 Å². The van der Waals surface area contributed by atoms with Crippen LogP contribution in [0.5, 0.6) is 0 Å². The number of ether oxygens (including phenoxy) is 1. The number of carbonyl (C=O) groups is 1. The normalized spacial score (nSPS) is 12.0. The first-order valence-electron chi connectivity index (χ1n) is 8.30. The highest BCUT2D eigenvalue weighted by Crippen LogP contribution is 2.28. The van der Waals surface area contributed by atoms with Crippen molar-refractivity contribution in [1.29, 1.82) is 0 Å². The van der Waals surface area contributed by atoms with Crippen molar-refractivity contribution in [2.75, 3.05) is 20.3 Å². The number of nitrogens with one attached hydrogen (secondary N) is 1. The van der Waals surface area contributed by atoms with Crippen molar-refractivity contribution in [2.45, 2.75) is 30.3 Å². The lowest BCUT2D eigenvalue weighted by Crippen LogP contribution is -2.31. The van der Waals surface area contributed by atoms with E-state index in [0.717, 1.165) is 17.8 Å². The Morgan fingerprint density at radius 3 is 2.81 bits per heavy atom. The average Bonchev–Trinajstić information content (AvgIpc) is 3.03. The van der Waals surface area contributed by atoms with Crippen molar-refractivity contribution in [3.63, 3.8) is 0 Å². The second-order valence-electron chi connectivity index (χ2n) is 5.60. The van der Waals surface area contributed by atoms with E-state index in [1.807, 2.05) is 35.8 Å². The SMILES string of the molecule is C=CCNC(=O)[C@@H](C)Sc1nnc(-c2ccc(Cl)cc2)n1CCCOC. The molecule has 0 unspecified atom stereocenters. The Morgan fingerprint density at radius 1 is 1.42 bits per heavy atom. The number of benzene rings is 1. The highest BCUT2D eigenvalue weighted by Gasteiger charge is 2.20. The van der Waals surface area contributed by atoms with Gasteiger partial charge < -0.3 is 14.6 Å². The smallest absolute Gasteiger partial charge is 0.233 e. The number of hydrogen-bond acceptors (Lipinski definition) is 5. The lowest BCUT2D eigenvalue weighted by atomic mass is 10.2. The second-order valence-corrected chi connectivity index (χ2v) is 7.35. The van der Waals surface area contributed by atoms with Crippen LogP contribution in [0.1, 0.15) is 13.3 Å². The Kier molecular flexibility index (Phi) is 8.15. The summed E-state index contributed by atoms with van der Waals surface area (Å²) in [7, 11) is 1.67. The van der Waals surface area contributed by atoms with E-state index in [0.29, 0.717) is 29.9 Å². The van der Waals surface area contributed by atoms with E-state index in [1.165, 1.54) is 11.8 Å². The number of thioether (sulfide) groups is 1. The maximum absolute atomic E-state index is 12.1. The number of hydrogen-bond donors (Lipinski definition) is 1. The van der Waals surface area contributed by atoms with Gasteiger partial charge in [0, 0.05) is 37.4 Å². The Balaban J connectivity index is 2.23. The number of nitrogens with zero attached hydrogens (tertiary/aromatic N) is 3. The van der Waals surface area contributed by atoms with Crippen LogP contribution in [-0.4, -0.2) is 46.2 Å². The van der Waals surface area contributed by atoms with Gasteiger partial charge in [0.25, 0.3) is 0 Å². The summed E-state index contributed by atoms with van der Waals surface area (Å²) >= 11 is 7.36. The van der Waals surface area contributed by atoms with Gasteiger partial charge in [-0.15, -0.1) is 16.8 Å². The monoisotopic (exact) mass is 394 g/mol. The molecule has 0 aliphatic heterocycles. The van der Waals surface area contributed by atoms with E-state index >= 15 is 0 Å². The lowest BCUT2D eigenvalue weighted by Gasteiger charge is -2.13. The van der Waals surface area contributed by atoms with Gasteiger partial charge >= 0.3 is 0 Å². The highest BCUT2D eigenvalue weighted by molar-refractivity contribution is 8.00. The number of rotatable bonds is 10. The lowest BCUT2D eigenvalue weighted by molar-refractivity contribution is -0.120. The van der Waals surface area contributed by atoms with Gasteiger partial charge in [0.05, 0.1) is 5.25 Å². The largest absolute Gasteiger partial charge is 0.385 e. The number of aromatic nitrogens is 3. The number of methoxy groups -OCH3 is 1. The predicted octanol–water partition coefficient (Wildman–Crippen LogP) is 3.42. The van der Waals surface area contributed by atoms with E-state index in [4.69, 9.17) is 16.3 Å². The summed E-state index contributed by atoms with van der Waals surface area (Å²) in [5, 5.41) is 12.5. The Bertz CT molecular complexity index is 733. The first-order chi connectivity index (χ1) is 12.6. The molecular formula is C18H23ClN4O2S. The molecule has 6 nitrogen and oxygen atoms in total. The molecule has 26 heavy (non-hydrogen) atoms. The minimum Gasteiger partial charge on any atom is -0.385 e. The van der Waals surface area contributed by atoms with Gasteiger partial charge in [-0.05, 0) is 37.6 Å². The van der Waals surface area contributed by atoms with Crippen molar-refractivity contribution in [3.05, 3.63) is 41.9 Å². The van der Waals surface area contributed by atoms with Crippen molar-refractivity contribution in [2.24, 2.45) is 0 Å². The van der Waals surface area contributed by atoms with Gasteiger partial charge in [0.1, 0.15) is 0 Å². The molecular weight excluding hydrogens is 372 g/mol. The third-order valence-corrected chi connectivity index (χ3v) is 4.95. The van der Waals surface area contributed by atoms with Crippen LogP contribution in [-0.2, 0) is 16.1 Å². The molecule has 2 rings (SSSR count). The minimum absolute atomic E-state index is 0.0608. The summed E-state index contributed by atoms with van der Waals surface area (Å²) in [6.45, 7) is 7.23. The van der Waals surface area contributed by atoms with Crippen LogP contribution in [0.4, 0.5) is 0 Å². The van der Waals surface area contributed by atoms with Gasteiger partial charge in [0.2, 0.25) is 5.91 Å². The fourth-order valence-electron chi connectivity index (χ4n) is 2.29. The topological polar surface area (TPSA) is 69.0 Å². The molecule has 1 amide bonds. The van der Waals surface area contributed by atoms with Gasteiger partial charge in [-0.3, -0.25) is 4.79 Å². The van der Waals surface area contributed by atoms with Crippen molar-refractivity contribution >= 4 is 29.3 Å². The average molecular weight is 395 g/mol. The van der Waals surface area contributed by atoms with Crippen LogP contribution in [0.25, 0.3) is 11.4 Å². The van der Waals surface area contributed by atoms with Crippen LogP contribution >= 0.6 is 23.4 Å². The Morgan fingerprint density at radius 2 is 2.15 bits per heavy atom. The molecule has 1 aromatic carbocycles. The molecule has 1 heterocycles. The fourth-order valence-corrected chi connectivity index (χ4v) is 3.31. The molecule has 0 aliphatic rings. The third-order valence-electron chi connectivity index (χ3n) is 3.62. The zero-order valence-electron chi connectivity index (χ0n) is 14.9. The molecule has 0 saturated carbocycles. The first kappa shape index (κ1) is 20.5. The second kappa shape index (κ2) is 10.4. The number of carbonyl (C=O) groups excluding carboxylic acids is 1. The molecule has 0 radical (unpaired) electrons. The number of halogens is 1. The molecule has 8 heteroatoms. The third kappa shape index (κ3) is 5.59. The molecule has 1 aromatic heterocycles. The molecule has 2 aromatic rings. The van der Waals surface area contributed by atoms with Gasteiger partial charge in [-0.25, -0.2) is 0 Å². The summed E-state index contributed by atoms with van der Waals surface area (Å²) < 4.78 is 7.17. The van der Waals surface area contributed by atoms with Crippen LogP contribution in [0.15, 0.2) is 42.1 Å². The molecule has 0 aliphatic carbocycles. The van der Waals surface area contributed by atoms with Gasteiger partial charge in [-0.2, -0.15) is 0 Å². The molecule has 0 fully saturated rings. The van der Waals surface area contributed by atoms with E-state index < -0.39 is 0 Å². The maximum atomic E-state index is 12.1. The van der Waals surface area contributed by atoms with Crippen molar-refractivity contribution < 1.29 is 9.53 Å². The first-order valence-corrected chi connectivity index (χ1v) is 9.56. The predicted molar refractivity (Wildman–Crippen MR) is 105 cm³/mol. The number of amides is 1. The van der Waals surface area contributed by atoms with Gasteiger partial charge in [-0.1, -0.05) is 29.4 Å². The molecule has 1 atom stereocenters. The molecule has 0 saturated heterocycles. The molecule has 0 spiro atoms. The van der Waals surface area contributed by atoms with Crippen LogP contribution < -0.4 is 5.32 Å². The summed E-state index contributed by atoms with van der Waals surface area (Å²) in [4.78, 5) is 12.1. The zero-order valence-corrected chi connectivity index (χ0v) is 16.5. The Hall–Kier alpha value is -1.83. The van der Waals surface area contributed by atoms with E-state index in [9.17, 15) is 4.79 Å². The van der Waals surface area contributed by atoms with E-state index in [1.54, 1.807) is 13.2 Å². The maximum Gasteiger partial charge on any atom is 0.233 e. The van der Waals surface area contributed by atoms with Crippen molar-refractivity contribution in [3.8, 4) is 11.4 Å². The van der Waals surface area contributed by atoms with Gasteiger partial charge in [0.15, 0.2) is 11.0 Å².